The molecule has 0 N–H and O–H groups in total. The van der Waals surface area contributed by atoms with Gasteiger partial charge in [0, 0.05) is 0 Å². The van der Waals surface area contributed by atoms with Gasteiger partial charge < -0.3 is 9.47 Å². The zero-order chi connectivity index (χ0) is 15.4. The second kappa shape index (κ2) is 6.93. The molecule has 0 aromatic heterocycles. The van der Waals surface area contributed by atoms with Crippen molar-refractivity contribution in [1.82, 2.24) is 0 Å². The second-order valence-electron chi connectivity index (χ2n) is 5.69. The molecular weight excluding hydrogens is 279 g/mol. The van der Waals surface area contributed by atoms with Gasteiger partial charge in [-0.25, -0.2) is 4.39 Å². The van der Waals surface area contributed by atoms with Crippen molar-refractivity contribution in [3.63, 3.8) is 0 Å². The molecule has 0 saturated carbocycles. The average molecular weight is 300 g/mol. The Balaban J connectivity index is 1.62. The monoisotopic (exact) mass is 300 g/mol. The largest absolute Gasteiger partial charge is 0.489 e. The highest BCUT2D eigenvalue weighted by Crippen LogP contribution is 2.31. The van der Waals surface area contributed by atoms with Crippen LogP contribution in [0.15, 0.2) is 48.5 Å². The fraction of sp³-hybridized carbons (Fsp3) is 0.368. The van der Waals surface area contributed by atoms with E-state index in [-0.39, 0.29) is 5.82 Å². The van der Waals surface area contributed by atoms with Crippen molar-refractivity contribution in [1.29, 1.82) is 0 Å². The third kappa shape index (κ3) is 3.86. The first-order chi connectivity index (χ1) is 10.8. The van der Waals surface area contributed by atoms with Crippen LogP contribution in [-0.4, -0.2) is 12.2 Å². The Kier molecular flexibility index (Phi) is 4.74. The van der Waals surface area contributed by atoms with E-state index < -0.39 is 0 Å². The number of epoxide rings is 1. The van der Waals surface area contributed by atoms with Crippen LogP contribution in [0.25, 0.3) is 0 Å². The molecule has 2 atom stereocenters. The van der Waals surface area contributed by atoms with E-state index in [2.05, 4.69) is 6.92 Å². The lowest BCUT2D eigenvalue weighted by Crippen LogP contribution is -2.01. The SMILES string of the molecule is CC[C@@H]1O[C@@H]1CCc1cc(F)ccc1OCc1ccccc1. The van der Waals surface area contributed by atoms with E-state index >= 15 is 0 Å². The number of aryl methyl sites for hydroxylation is 1. The molecule has 0 aliphatic carbocycles. The van der Waals surface area contributed by atoms with E-state index in [0.717, 1.165) is 36.1 Å². The minimum Gasteiger partial charge on any atom is -0.489 e. The molecule has 0 unspecified atom stereocenters. The minimum absolute atomic E-state index is 0.217. The van der Waals surface area contributed by atoms with Gasteiger partial charge >= 0.3 is 0 Å². The van der Waals surface area contributed by atoms with Crippen molar-refractivity contribution in [2.45, 2.75) is 45.0 Å². The minimum atomic E-state index is -0.217. The fourth-order valence-electron chi connectivity index (χ4n) is 2.71. The molecule has 2 nitrogen and oxygen atoms in total. The molecule has 22 heavy (non-hydrogen) atoms. The Hall–Kier alpha value is -1.87. The lowest BCUT2D eigenvalue weighted by molar-refractivity contribution is 0.301. The number of ether oxygens (including phenoxy) is 2. The predicted octanol–water partition coefficient (Wildman–Crippen LogP) is 4.51. The molecule has 0 spiro atoms. The molecule has 1 fully saturated rings. The molecule has 0 radical (unpaired) electrons. The van der Waals surface area contributed by atoms with Gasteiger partial charge in [-0.1, -0.05) is 37.3 Å². The quantitative estimate of drug-likeness (QED) is 0.702. The summed E-state index contributed by atoms with van der Waals surface area (Å²) in [5.74, 6) is 0.546. The van der Waals surface area contributed by atoms with Crippen molar-refractivity contribution in [2.24, 2.45) is 0 Å². The molecule has 2 aromatic carbocycles. The first-order valence-corrected chi connectivity index (χ1v) is 7.87. The zero-order valence-electron chi connectivity index (χ0n) is 12.8. The van der Waals surface area contributed by atoms with Gasteiger partial charge in [0.05, 0.1) is 12.2 Å². The Morgan fingerprint density at radius 3 is 2.64 bits per heavy atom. The Labute approximate surface area is 130 Å². The van der Waals surface area contributed by atoms with Gasteiger partial charge in [0.25, 0.3) is 0 Å². The van der Waals surface area contributed by atoms with Crippen LogP contribution < -0.4 is 4.74 Å². The molecule has 3 rings (SSSR count). The maximum absolute atomic E-state index is 13.5. The molecule has 116 valence electrons. The Morgan fingerprint density at radius 1 is 1.09 bits per heavy atom. The Morgan fingerprint density at radius 2 is 1.91 bits per heavy atom. The molecule has 1 saturated heterocycles. The number of halogens is 1. The summed E-state index contributed by atoms with van der Waals surface area (Å²) in [4.78, 5) is 0. The highest BCUT2D eigenvalue weighted by atomic mass is 19.1. The molecular formula is C19H21FO2. The van der Waals surface area contributed by atoms with Crippen molar-refractivity contribution < 1.29 is 13.9 Å². The standard InChI is InChI=1S/C19H21FO2/c1-2-17-19(22-17)10-8-15-12-16(20)9-11-18(15)21-13-14-6-4-3-5-7-14/h3-7,9,11-12,17,19H,2,8,10,13H2,1H3/t17-,19+/m0/s1. The molecule has 1 heterocycles. The van der Waals surface area contributed by atoms with E-state index in [0.29, 0.717) is 18.8 Å². The summed E-state index contributed by atoms with van der Waals surface area (Å²) in [6, 6.07) is 14.7. The lowest BCUT2D eigenvalue weighted by atomic mass is 10.1. The second-order valence-corrected chi connectivity index (χ2v) is 5.69. The van der Waals surface area contributed by atoms with Crippen molar-refractivity contribution in [3.05, 3.63) is 65.5 Å². The summed E-state index contributed by atoms with van der Waals surface area (Å²) in [6.45, 7) is 2.62. The number of rotatable bonds is 7. The van der Waals surface area contributed by atoms with E-state index in [1.54, 1.807) is 12.1 Å². The topological polar surface area (TPSA) is 21.8 Å². The molecule has 3 heteroatoms. The van der Waals surface area contributed by atoms with Crippen molar-refractivity contribution in [3.8, 4) is 5.75 Å². The zero-order valence-corrected chi connectivity index (χ0v) is 12.8. The Bertz CT molecular complexity index is 612. The van der Waals surface area contributed by atoms with Gasteiger partial charge in [-0.3, -0.25) is 0 Å². The number of benzene rings is 2. The predicted molar refractivity (Wildman–Crippen MR) is 84.4 cm³/mol. The van der Waals surface area contributed by atoms with Crippen LogP contribution in [0.2, 0.25) is 0 Å². The van der Waals surface area contributed by atoms with Crippen molar-refractivity contribution >= 4 is 0 Å². The summed E-state index contributed by atoms with van der Waals surface area (Å²) in [5, 5.41) is 0. The van der Waals surface area contributed by atoms with Crippen LogP contribution in [0, 0.1) is 5.82 Å². The molecule has 0 bridgehead atoms. The summed E-state index contributed by atoms with van der Waals surface area (Å²) < 4.78 is 24.9. The van der Waals surface area contributed by atoms with Gasteiger partial charge in [-0.15, -0.1) is 0 Å². The normalized spacial score (nSPS) is 19.9. The van der Waals surface area contributed by atoms with Gasteiger partial charge in [0.2, 0.25) is 0 Å². The maximum atomic E-state index is 13.5. The maximum Gasteiger partial charge on any atom is 0.123 e. The summed E-state index contributed by atoms with van der Waals surface area (Å²) >= 11 is 0. The first-order valence-electron chi connectivity index (χ1n) is 7.87. The van der Waals surface area contributed by atoms with E-state index in [9.17, 15) is 4.39 Å². The van der Waals surface area contributed by atoms with Crippen LogP contribution in [-0.2, 0) is 17.8 Å². The molecule has 1 aliphatic rings. The number of hydrogen-bond donors (Lipinski definition) is 0. The van der Waals surface area contributed by atoms with Crippen LogP contribution in [0.1, 0.15) is 30.9 Å². The summed E-state index contributed by atoms with van der Waals surface area (Å²) in [6.07, 6.45) is 3.47. The van der Waals surface area contributed by atoms with Crippen molar-refractivity contribution in [2.75, 3.05) is 0 Å². The van der Waals surface area contributed by atoms with Gasteiger partial charge in [0.1, 0.15) is 18.2 Å². The third-order valence-corrected chi connectivity index (χ3v) is 4.05. The van der Waals surface area contributed by atoms with Gasteiger partial charge in [0.15, 0.2) is 0 Å². The van der Waals surface area contributed by atoms with Crippen LogP contribution in [0.5, 0.6) is 5.75 Å². The number of hydrogen-bond acceptors (Lipinski definition) is 2. The van der Waals surface area contributed by atoms with E-state index in [1.165, 1.54) is 6.07 Å². The summed E-state index contributed by atoms with van der Waals surface area (Å²) in [5.41, 5.74) is 2.02. The lowest BCUT2D eigenvalue weighted by Gasteiger charge is -2.11. The highest BCUT2D eigenvalue weighted by Gasteiger charge is 2.36. The summed E-state index contributed by atoms with van der Waals surface area (Å²) in [7, 11) is 0. The first kappa shape index (κ1) is 15.0. The van der Waals surface area contributed by atoms with Gasteiger partial charge in [-0.05, 0) is 48.6 Å². The van der Waals surface area contributed by atoms with Crippen LogP contribution in [0.4, 0.5) is 4.39 Å². The fourth-order valence-corrected chi connectivity index (χ4v) is 2.71. The van der Waals surface area contributed by atoms with Crippen LogP contribution >= 0.6 is 0 Å². The average Bonchev–Trinajstić information content (AvgIpc) is 3.31. The van der Waals surface area contributed by atoms with E-state index in [4.69, 9.17) is 9.47 Å². The van der Waals surface area contributed by atoms with Gasteiger partial charge in [-0.2, -0.15) is 0 Å². The molecule has 0 amide bonds. The van der Waals surface area contributed by atoms with Crippen LogP contribution in [0.3, 0.4) is 0 Å². The third-order valence-electron chi connectivity index (χ3n) is 4.05. The smallest absolute Gasteiger partial charge is 0.123 e. The highest BCUT2D eigenvalue weighted by molar-refractivity contribution is 5.34. The molecule has 2 aromatic rings. The molecule has 1 aliphatic heterocycles. The van der Waals surface area contributed by atoms with E-state index in [1.807, 2.05) is 30.3 Å².